The summed E-state index contributed by atoms with van der Waals surface area (Å²) in [5.41, 5.74) is 0.851. The van der Waals surface area contributed by atoms with E-state index in [2.05, 4.69) is 46.6 Å². The summed E-state index contributed by atoms with van der Waals surface area (Å²) in [4.78, 5) is 6.49. The lowest BCUT2D eigenvalue weighted by atomic mass is 10.0. The lowest BCUT2D eigenvalue weighted by Crippen LogP contribution is -2.34. The number of halogens is 1. The largest absolute Gasteiger partial charge is 0.392 e. The first kappa shape index (κ1) is 13.5. The van der Waals surface area contributed by atoms with Crippen molar-refractivity contribution in [3.63, 3.8) is 0 Å². The van der Waals surface area contributed by atoms with Crippen LogP contribution in [0.3, 0.4) is 0 Å². The molecule has 1 N–H and O–H groups in total. The lowest BCUT2D eigenvalue weighted by Gasteiger charge is -2.30. The average molecular weight is 287 g/mol. The SMILES string of the molecule is CC(C)C(C)N(C)c1ncc(Br)cc1CO. The molecule has 0 saturated heterocycles. The first-order valence-corrected chi connectivity index (χ1v) is 6.24. The minimum Gasteiger partial charge on any atom is -0.392 e. The van der Waals surface area contributed by atoms with Crippen LogP contribution in [0.2, 0.25) is 0 Å². The van der Waals surface area contributed by atoms with Gasteiger partial charge in [0.2, 0.25) is 0 Å². The fourth-order valence-corrected chi connectivity index (χ4v) is 1.93. The van der Waals surface area contributed by atoms with E-state index in [4.69, 9.17) is 0 Å². The maximum atomic E-state index is 9.32. The van der Waals surface area contributed by atoms with Crippen molar-refractivity contribution in [2.75, 3.05) is 11.9 Å². The lowest BCUT2D eigenvalue weighted by molar-refractivity contribution is 0.281. The molecule has 0 amide bonds. The van der Waals surface area contributed by atoms with Crippen LogP contribution < -0.4 is 4.90 Å². The van der Waals surface area contributed by atoms with Gasteiger partial charge in [0, 0.05) is 29.3 Å². The van der Waals surface area contributed by atoms with E-state index >= 15 is 0 Å². The van der Waals surface area contributed by atoms with Crippen molar-refractivity contribution < 1.29 is 5.11 Å². The highest BCUT2D eigenvalue weighted by atomic mass is 79.9. The maximum absolute atomic E-state index is 9.32. The highest BCUT2D eigenvalue weighted by Gasteiger charge is 2.17. The second-order valence-electron chi connectivity index (χ2n) is 4.39. The van der Waals surface area contributed by atoms with Gasteiger partial charge in [-0.25, -0.2) is 4.98 Å². The second-order valence-corrected chi connectivity index (χ2v) is 5.31. The fourth-order valence-electron chi connectivity index (χ4n) is 1.55. The van der Waals surface area contributed by atoms with Crippen LogP contribution in [0.25, 0.3) is 0 Å². The number of aliphatic hydroxyl groups is 1. The van der Waals surface area contributed by atoms with Crippen molar-refractivity contribution in [2.24, 2.45) is 5.92 Å². The fraction of sp³-hybridized carbons (Fsp3) is 0.583. The predicted molar refractivity (Wildman–Crippen MR) is 70.6 cm³/mol. The summed E-state index contributed by atoms with van der Waals surface area (Å²) < 4.78 is 0.894. The molecule has 1 aromatic rings. The minimum absolute atomic E-state index is 0.0108. The number of anilines is 1. The van der Waals surface area contributed by atoms with E-state index in [-0.39, 0.29) is 6.61 Å². The van der Waals surface area contributed by atoms with Gasteiger partial charge in [-0.1, -0.05) is 13.8 Å². The molecule has 1 rings (SSSR count). The smallest absolute Gasteiger partial charge is 0.134 e. The van der Waals surface area contributed by atoms with Crippen LogP contribution in [0.1, 0.15) is 26.3 Å². The van der Waals surface area contributed by atoms with E-state index in [9.17, 15) is 5.11 Å². The molecule has 0 spiro atoms. The molecule has 0 aromatic carbocycles. The number of nitrogens with zero attached hydrogens (tertiary/aromatic N) is 2. The van der Waals surface area contributed by atoms with Gasteiger partial charge in [0.25, 0.3) is 0 Å². The molecule has 0 bridgehead atoms. The Labute approximate surface area is 106 Å². The van der Waals surface area contributed by atoms with Gasteiger partial charge in [0.1, 0.15) is 5.82 Å². The molecule has 1 heterocycles. The summed E-state index contributed by atoms with van der Waals surface area (Å²) in [6.07, 6.45) is 1.76. The number of hydrogen-bond acceptors (Lipinski definition) is 3. The van der Waals surface area contributed by atoms with Crippen molar-refractivity contribution in [3.8, 4) is 0 Å². The third-order valence-corrected chi connectivity index (χ3v) is 3.42. The van der Waals surface area contributed by atoms with Crippen molar-refractivity contribution >= 4 is 21.7 Å². The Morgan fingerprint density at radius 3 is 2.56 bits per heavy atom. The highest BCUT2D eigenvalue weighted by Crippen LogP contribution is 2.24. The Kier molecular flexibility index (Phi) is 4.74. The van der Waals surface area contributed by atoms with Crippen molar-refractivity contribution in [1.82, 2.24) is 4.98 Å². The standard InChI is InChI=1S/C12H19BrN2O/c1-8(2)9(3)15(4)12-10(7-16)5-11(13)6-14-12/h5-6,8-9,16H,7H2,1-4H3. The van der Waals surface area contributed by atoms with Gasteiger partial charge in [0.15, 0.2) is 0 Å². The maximum Gasteiger partial charge on any atom is 0.134 e. The van der Waals surface area contributed by atoms with Crippen LogP contribution in [-0.2, 0) is 6.61 Å². The third-order valence-electron chi connectivity index (χ3n) is 2.99. The normalized spacial score (nSPS) is 12.9. The van der Waals surface area contributed by atoms with Gasteiger partial charge in [-0.2, -0.15) is 0 Å². The van der Waals surface area contributed by atoms with Gasteiger partial charge in [-0.15, -0.1) is 0 Å². The Morgan fingerprint density at radius 2 is 2.06 bits per heavy atom. The Balaban J connectivity index is 3.03. The Hall–Kier alpha value is -0.610. The topological polar surface area (TPSA) is 36.4 Å². The number of hydrogen-bond donors (Lipinski definition) is 1. The van der Waals surface area contributed by atoms with Gasteiger partial charge in [-0.3, -0.25) is 0 Å². The van der Waals surface area contributed by atoms with Gasteiger partial charge in [0.05, 0.1) is 6.61 Å². The summed E-state index contributed by atoms with van der Waals surface area (Å²) in [6, 6.07) is 2.30. The quantitative estimate of drug-likeness (QED) is 0.925. The predicted octanol–water partition coefficient (Wildman–Crippen LogP) is 2.82. The average Bonchev–Trinajstić information content (AvgIpc) is 2.26. The van der Waals surface area contributed by atoms with Crippen LogP contribution >= 0.6 is 15.9 Å². The molecule has 0 fully saturated rings. The van der Waals surface area contributed by atoms with Gasteiger partial charge < -0.3 is 10.0 Å². The molecule has 3 nitrogen and oxygen atoms in total. The van der Waals surface area contributed by atoms with Crippen LogP contribution in [0.4, 0.5) is 5.82 Å². The van der Waals surface area contributed by atoms with Gasteiger partial charge in [-0.05, 0) is 34.8 Å². The van der Waals surface area contributed by atoms with Crippen LogP contribution in [0.5, 0.6) is 0 Å². The Bertz CT molecular complexity index is 355. The van der Waals surface area contributed by atoms with Crippen molar-refractivity contribution in [1.29, 1.82) is 0 Å². The summed E-state index contributed by atoms with van der Waals surface area (Å²) in [5.74, 6) is 1.40. The minimum atomic E-state index is 0.0108. The molecule has 0 radical (unpaired) electrons. The molecule has 16 heavy (non-hydrogen) atoms. The number of aliphatic hydroxyl groups excluding tert-OH is 1. The van der Waals surface area contributed by atoms with Crippen molar-refractivity contribution in [3.05, 3.63) is 22.3 Å². The second kappa shape index (κ2) is 5.64. The zero-order chi connectivity index (χ0) is 12.3. The van der Waals surface area contributed by atoms with E-state index in [0.29, 0.717) is 12.0 Å². The summed E-state index contributed by atoms with van der Waals surface area (Å²) >= 11 is 3.36. The zero-order valence-corrected chi connectivity index (χ0v) is 11.8. The van der Waals surface area contributed by atoms with Crippen LogP contribution in [0, 0.1) is 5.92 Å². The summed E-state index contributed by atoms with van der Waals surface area (Å²) in [6.45, 7) is 6.53. The molecular weight excluding hydrogens is 268 g/mol. The van der Waals surface area contributed by atoms with Gasteiger partial charge >= 0.3 is 0 Å². The molecule has 90 valence electrons. The monoisotopic (exact) mass is 286 g/mol. The molecule has 1 aromatic heterocycles. The Morgan fingerprint density at radius 1 is 1.44 bits per heavy atom. The summed E-state index contributed by atoms with van der Waals surface area (Å²) in [7, 11) is 2.01. The number of rotatable bonds is 4. The molecule has 0 saturated carbocycles. The number of aromatic nitrogens is 1. The molecule has 1 unspecified atom stereocenters. The zero-order valence-electron chi connectivity index (χ0n) is 10.2. The first-order chi connectivity index (χ1) is 7.47. The molecule has 0 aliphatic rings. The van der Waals surface area contributed by atoms with Crippen molar-refractivity contribution in [2.45, 2.75) is 33.4 Å². The summed E-state index contributed by atoms with van der Waals surface area (Å²) in [5, 5.41) is 9.32. The van der Waals surface area contributed by atoms with Crippen LogP contribution in [-0.4, -0.2) is 23.2 Å². The molecule has 4 heteroatoms. The van der Waals surface area contributed by atoms with E-state index in [1.807, 2.05) is 13.1 Å². The van der Waals surface area contributed by atoms with E-state index in [0.717, 1.165) is 15.9 Å². The molecular formula is C12H19BrN2O. The highest BCUT2D eigenvalue weighted by molar-refractivity contribution is 9.10. The molecule has 0 aliphatic carbocycles. The number of pyridine rings is 1. The molecule has 0 aliphatic heterocycles. The van der Waals surface area contributed by atoms with E-state index < -0.39 is 0 Å². The first-order valence-electron chi connectivity index (χ1n) is 5.45. The van der Waals surface area contributed by atoms with E-state index in [1.54, 1.807) is 6.20 Å². The van der Waals surface area contributed by atoms with Crippen LogP contribution in [0.15, 0.2) is 16.7 Å². The molecule has 1 atom stereocenters. The van der Waals surface area contributed by atoms with E-state index in [1.165, 1.54) is 0 Å². The third kappa shape index (κ3) is 2.95.